The minimum atomic E-state index is 0.679. The molecule has 2 heteroatoms. The molecule has 1 aliphatic rings. The maximum absolute atomic E-state index is 3.56. The van der Waals surface area contributed by atoms with E-state index in [9.17, 15) is 0 Å². The van der Waals surface area contributed by atoms with Gasteiger partial charge in [-0.2, -0.15) is 0 Å². The van der Waals surface area contributed by atoms with Crippen LogP contribution in [0.2, 0.25) is 0 Å². The predicted molar refractivity (Wildman–Crippen MR) is 71.8 cm³/mol. The van der Waals surface area contributed by atoms with Gasteiger partial charge in [-0.3, -0.25) is 0 Å². The van der Waals surface area contributed by atoms with Crippen LogP contribution in [0.4, 0.5) is 0 Å². The molecule has 1 N–H and O–H groups in total. The second-order valence-electron chi connectivity index (χ2n) is 5.39. The molecular formula is C14H30N2. The SMILES string of the molecule is CCNC(CC)CN(C)CC1CCCCC1. The summed E-state index contributed by atoms with van der Waals surface area (Å²) in [6, 6.07) is 0.679. The van der Waals surface area contributed by atoms with Gasteiger partial charge in [-0.15, -0.1) is 0 Å². The van der Waals surface area contributed by atoms with E-state index in [1.165, 1.54) is 51.6 Å². The van der Waals surface area contributed by atoms with Crippen molar-refractivity contribution in [2.75, 3.05) is 26.7 Å². The maximum Gasteiger partial charge on any atom is 0.0192 e. The first kappa shape index (κ1) is 14.0. The molecule has 0 aromatic heterocycles. The molecule has 1 atom stereocenters. The van der Waals surface area contributed by atoms with Crippen LogP contribution in [0.1, 0.15) is 52.4 Å². The normalized spacial score (nSPS) is 20.2. The highest BCUT2D eigenvalue weighted by Crippen LogP contribution is 2.24. The van der Waals surface area contributed by atoms with Crippen molar-refractivity contribution in [1.82, 2.24) is 10.2 Å². The van der Waals surface area contributed by atoms with E-state index in [-0.39, 0.29) is 0 Å². The quantitative estimate of drug-likeness (QED) is 0.718. The number of likely N-dealkylation sites (N-methyl/N-ethyl adjacent to an activating group) is 2. The van der Waals surface area contributed by atoms with Gasteiger partial charge in [0.25, 0.3) is 0 Å². The lowest BCUT2D eigenvalue weighted by molar-refractivity contribution is 0.214. The Morgan fingerprint density at radius 2 is 1.88 bits per heavy atom. The molecule has 1 saturated carbocycles. The zero-order valence-electron chi connectivity index (χ0n) is 11.5. The minimum absolute atomic E-state index is 0.679. The van der Waals surface area contributed by atoms with E-state index in [4.69, 9.17) is 0 Å². The van der Waals surface area contributed by atoms with Crippen molar-refractivity contribution in [3.8, 4) is 0 Å². The lowest BCUT2D eigenvalue weighted by Gasteiger charge is -2.29. The highest BCUT2D eigenvalue weighted by molar-refractivity contribution is 4.73. The molecule has 0 spiro atoms. The van der Waals surface area contributed by atoms with Crippen LogP contribution in [0.3, 0.4) is 0 Å². The number of hydrogen-bond donors (Lipinski definition) is 1. The van der Waals surface area contributed by atoms with Gasteiger partial charge >= 0.3 is 0 Å². The second kappa shape index (κ2) is 8.08. The zero-order chi connectivity index (χ0) is 11.8. The molecule has 0 amide bonds. The average molecular weight is 226 g/mol. The van der Waals surface area contributed by atoms with Gasteiger partial charge in [-0.25, -0.2) is 0 Å². The molecule has 0 aromatic carbocycles. The molecule has 96 valence electrons. The Morgan fingerprint density at radius 1 is 1.19 bits per heavy atom. The van der Waals surface area contributed by atoms with E-state index in [1.807, 2.05) is 0 Å². The van der Waals surface area contributed by atoms with Crippen LogP contribution < -0.4 is 5.32 Å². The minimum Gasteiger partial charge on any atom is -0.313 e. The molecule has 0 saturated heterocycles. The first-order valence-electron chi connectivity index (χ1n) is 7.18. The number of hydrogen-bond acceptors (Lipinski definition) is 2. The van der Waals surface area contributed by atoms with Crippen LogP contribution in [-0.4, -0.2) is 37.6 Å². The first-order chi connectivity index (χ1) is 7.76. The Morgan fingerprint density at radius 3 is 2.44 bits per heavy atom. The Labute approximate surface area is 102 Å². The standard InChI is InChI=1S/C14H30N2/c1-4-14(15-5-2)12-16(3)11-13-9-7-6-8-10-13/h13-15H,4-12H2,1-3H3. The molecule has 0 aromatic rings. The van der Waals surface area contributed by atoms with E-state index < -0.39 is 0 Å². The zero-order valence-corrected chi connectivity index (χ0v) is 11.5. The van der Waals surface area contributed by atoms with Gasteiger partial charge in [0.05, 0.1) is 0 Å². The largest absolute Gasteiger partial charge is 0.313 e. The topological polar surface area (TPSA) is 15.3 Å². The van der Waals surface area contributed by atoms with Crippen molar-refractivity contribution in [2.24, 2.45) is 5.92 Å². The van der Waals surface area contributed by atoms with Gasteiger partial charge in [-0.05, 0) is 38.8 Å². The van der Waals surface area contributed by atoms with Crippen molar-refractivity contribution in [3.05, 3.63) is 0 Å². The van der Waals surface area contributed by atoms with Gasteiger partial charge in [0, 0.05) is 19.1 Å². The molecule has 0 radical (unpaired) electrons. The molecule has 1 rings (SSSR count). The average Bonchev–Trinajstić information content (AvgIpc) is 2.29. The monoisotopic (exact) mass is 226 g/mol. The van der Waals surface area contributed by atoms with Crippen molar-refractivity contribution in [3.63, 3.8) is 0 Å². The Bertz CT molecular complexity index is 157. The lowest BCUT2D eigenvalue weighted by atomic mass is 9.89. The van der Waals surface area contributed by atoms with Gasteiger partial charge in [-0.1, -0.05) is 33.1 Å². The fourth-order valence-corrected chi connectivity index (χ4v) is 2.89. The summed E-state index contributed by atoms with van der Waals surface area (Å²) in [5.74, 6) is 0.970. The number of nitrogens with one attached hydrogen (secondary N) is 1. The third-order valence-corrected chi connectivity index (χ3v) is 3.81. The van der Waals surface area contributed by atoms with Crippen molar-refractivity contribution >= 4 is 0 Å². The molecule has 1 unspecified atom stereocenters. The smallest absolute Gasteiger partial charge is 0.0192 e. The van der Waals surface area contributed by atoms with Gasteiger partial charge < -0.3 is 10.2 Å². The third-order valence-electron chi connectivity index (χ3n) is 3.81. The van der Waals surface area contributed by atoms with E-state index in [1.54, 1.807) is 0 Å². The Balaban J connectivity index is 2.19. The lowest BCUT2D eigenvalue weighted by Crippen LogP contribution is -2.40. The molecule has 0 bridgehead atoms. The summed E-state index contributed by atoms with van der Waals surface area (Å²) in [5.41, 5.74) is 0. The fourth-order valence-electron chi connectivity index (χ4n) is 2.89. The number of nitrogens with zero attached hydrogens (tertiary/aromatic N) is 1. The van der Waals surface area contributed by atoms with Crippen molar-refractivity contribution in [1.29, 1.82) is 0 Å². The first-order valence-corrected chi connectivity index (χ1v) is 7.18. The molecule has 0 aliphatic heterocycles. The predicted octanol–water partition coefficient (Wildman–Crippen LogP) is 2.89. The van der Waals surface area contributed by atoms with Crippen LogP contribution in [0.5, 0.6) is 0 Å². The Kier molecular flexibility index (Phi) is 7.06. The summed E-state index contributed by atoms with van der Waals surface area (Å²) in [5, 5.41) is 3.56. The van der Waals surface area contributed by atoms with Crippen molar-refractivity contribution < 1.29 is 0 Å². The molecule has 0 heterocycles. The number of rotatable bonds is 7. The Hall–Kier alpha value is -0.0800. The van der Waals surface area contributed by atoms with Crippen LogP contribution in [0, 0.1) is 5.92 Å². The fraction of sp³-hybridized carbons (Fsp3) is 1.00. The maximum atomic E-state index is 3.56. The van der Waals surface area contributed by atoms with Crippen LogP contribution >= 0.6 is 0 Å². The van der Waals surface area contributed by atoms with Crippen LogP contribution in [-0.2, 0) is 0 Å². The summed E-state index contributed by atoms with van der Waals surface area (Å²) in [6.07, 6.45) is 8.55. The highest BCUT2D eigenvalue weighted by atomic mass is 15.1. The molecule has 1 fully saturated rings. The van der Waals surface area contributed by atoms with Crippen molar-refractivity contribution in [2.45, 2.75) is 58.4 Å². The van der Waals surface area contributed by atoms with Gasteiger partial charge in [0.2, 0.25) is 0 Å². The highest BCUT2D eigenvalue weighted by Gasteiger charge is 2.16. The summed E-state index contributed by atoms with van der Waals surface area (Å²) < 4.78 is 0. The molecule has 1 aliphatic carbocycles. The molecule has 2 nitrogen and oxygen atoms in total. The third kappa shape index (κ3) is 5.31. The van der Waals surface area contributed by atoms with E-state index in [0.29, 0.717) is 6.04 Å². The summed E-state index contributed by atoms with van der Waals surface area (Å²) in [7, 11) is 2.29. The molecular weight excluding hydrogens is 196 g/mol. The van der Waals surface area contributed by atoms with E-state index in [0.717, 1.165) is 12.5 Å². The van der Waals surface area contributed by atoms with E-state index in [2.05, 4.69) is 31.1 Å². The van der Waals surface area contributed by atoms with Gasteiger partial charge in [0.1, 0.15) is 0 Å². The summed E-state index contributed by atoms with van der Waals surface area (Å²) in [6.45, 7) is 8.09. The second-order valence-corrected chi connectivity index (χ2v) is 5.39. The summed E-state index contributed by atoms with van der Waals surface area (Å²) >= 11 is 0. The van der Waals surface area contributed by atoms with Gasteiger partial charge in [0.15, 0.2) is 0 Å². The molecule has 16 heavy (non-hydrogen) atoms. The van der Waals surface area contributed by atoms with Crippen LogP contribution in [0.15, 0.2) is 0 Å². The van der Waals surface area contributed by atoms with Crippen LogP contribution in [0.25, 0.3) is 0 Å². The van der Waals surface area contributed by atoms with E-state index >= 15 is 0 Å². The summed E-state index contributed by atoms with van der Waals surface area (Å²) in [4.78, 5) is 2.53.